The standard InChI is InChI=1S/C23H23FN2O4S/c1-3-30-21-12-4-17(5-13-21)16-26(2)23(27)18-6-10-20(11-7-18)25-31(28,29)22-14-8-19(24)9-15-22/h4-15,25H,3,16H2,1-2H3. The molecule has 1 N–H and O–H groups in total. The van der Waals surface area contributed by atoms with Gasteiger partial charge in [0.25, 0.3) is 15.9 Å². The van der Waals surface area contributed by atoms with E-state index < -0.39 is 15.8 Å². The van der Waals surface area contributed by atoms with Gasteiger partial charge in [0.05, 0.1) is 11.5 Å². The highest BCUT2D eigenvalue weighted by Gasteiger charge is 2.16. The van der Waals surface area contributed by atoms with Crippen LogP contribution in [0.5, 0.6) is 5.75 Å². The number of carbonyl (C=O) groups is 1. The van der Waals surface area contributed by atoms with Gasteiger partial charge in [0.2, 0.25) is 0 Å². The fourth-order valence-electron chi connectivity index (χ4n) is 2.93. The Morgan fingerprint density at radius 3 is 2.16 bits per heavy atom. The Morgan fingerprint density at radius 2 is 1.58 bits per heavy atom. The second-order valence-corrected chi connectivity index (χ2v) is 8.56. The normalized spacial score (nSPS) is 11.1. The molecule has 0 aliphatic rings. The van der Waals surface area contributed by atoms with Crippen molar-refractivity contribution in [3.63, 3.8) is 0 Å². The predicted octanol–water partition coefficient (Wildman–Crippen LogP) is 4.30. The molecule has 0 saturated heterocycles. The molecule has 0 spiro atoms. The third kappa shape index (κ3) is 5.82. The van der Waals surface area contributed by atoms with Crippen LogP contribution in [0, 0.1) is 5.82 Å². The summed E-state index contributed by atoms with van der Waals surface area (Å²) in [5.74, 6) is 0.0666. The molecule has 0 aliphatic heterocycles. The Labute approximate surface area is 181 Å². The van der Waals surface area contributed by atoms with Crippen molar-refractivity contribution in [2.75, 3.05) is 18.4 Å². The van der Waals surface area contributed by atoms with Gasteiger partial charge in [0.1, 0.15) is 11.6 Å². The summed E-state index contributed by atoms with van der Waals surface area (Å²) in [5, 5.41) is 0. The maximum atomic E-state index is 13.0. The van der Waals surface area contributed by atoms with Gasteiger partial charge in [-0.1, -0.05) is 12.1 Å². The molecule has 6 nitrogen and oxygen atoms in total. The first kappa shape index (κ1) is 22.3. The van der Waals surface area contributed by atoms with Crippen molar-refractivity contribution in [3.8, 4) is 5.75 Å². The van der Waals surface area contributed by atoms with Crippen molar-refractivity contribution in [2.24, 2.45) is 0 Å². The van der Waals surface area contributed by atoms with Gasteiger partial charge < -0.3 is 9.64 Å². The molecule has 3 aromatic carbocycles. The highest BCUT2D eigenvalue weighted by molar-refractivity contribution is 7.92. The number of carbonyl (C=O) groups excluding carboxylic acids is 1. The number of ether oxygens (including phenoxy) is 1. The van der Waals surface area contributed by atoms with Gasteiger partial charge in [0, 0.05) is 24.8 Å². The Hall–Kier alpha value is -3.39. The first-order valence-electron chi connectivity index (χ1n) is 9.64. The van der Waals surface area contributed by atoms with E-state index in [0.717, 1.165) is 23.4 Å². The first-order valence-corrected chi connectivity index (χ1v) is 11.1. The van der Waals surface area contributed by atoms with Gasteiger partial charge >= 0.3 is 0 Å². The topological polar surface area (TPSA) is 75.7 Å². The summed E-state index contributed by atoms with van der Waals surface area (Å²) in [4.78, 5) is 14.2. The minimum atomic E-state index is -3.85. The monoisotopic (exact) mass is 442 g/mol. The zero-order valence-electron chi connectivity index (χ0n) is 17.2. The first-order chi connectivity index (χ1) is 14.8. The molecule has 8 heteroatoms. The van der Waals surface area contributed by atoms with Crippen LogP contribution in [0.4, 0.5) is 10.1 Å². The van der Waals surface area contributed by atoms with Crippen LogP contribution >= 0.6 is 0 Å². The molecule has 0 saturated carbocycles. The van der Waals surface area contributed by atoms with E-state index >= 15 is 0 Å². The van der Waals surface area contributed by atoms with E-state index in [2.05, 4.69) is 4.72 Å². The van der Waals surface area contributed by atoms with Crippen LogP contribution in [0.3, 0.4) is 0 Å². The van der Waals surface area contributed by atoms with E-state index in [1.807, 2.05) is 31.2 Å². The van der Waals surface area contributed by atoms with E-state index in [1.165, 1.54) is 24.3 Å². The number of nitrogens with one attached hydrogen (secondary N) is 1. The van der Waals surface area contributed by atoms with Gasteiger partial charge in [-0.25, -0.2) is 12.8 Å². The van der Waals surface area contributed by atoms with E-state index in [9.17, 15) is 17.6 Å². The Morgan fingerprint density at radius 1 is 0.968 bits per heavy atom. The molecular formula is C23H23FN2O4S. The molecule has 0 unspecified atom stereocenters. The van der Waals surface area contributed by atoms with Crippen molar-refractivity contribution in [2.45, 2.75) is 18.4 Å². The quantitative estimate of drug-likeness (QED) is 0.565. The molecule has 3 rings (SSSR count). The van der Waals surface area contributed by atoms with E-state index in [0.29, 0.717) is 24.4 Å². The number of benzene rings is 3. The van der Waals surface area contributed by atoms with Crippen molar-refractivity contribution in [1.82, 2.24) is 4.90 Å². The van der Waals surface area contributed by atoms with Gasteiger partial charge in [0.15, 0.2) is 0 Å². The Bertz CT molecular complexity index is 1130. The van der Waals surface area contributed by atoms with Crippen molar-refractivity contribution < 1.29 is 22.3 Å². The molecule has 0 bridgehead atoms. The summed E-state index contributed by atoms with van der Waals surface area (Å²) in [6.07, 6.45) is 0. The van der Waals surface area contributed by atoms with Crippen molar-refractivity contribution >= 4 is 21.6 Å². The maximum absolute atomic E-state index is 13.0. The second-order valence-electron chi connectivity index (χ2n) is 6.87. The summed E-state index contributed by atoms with van der Waals surface area (Å²) in [7, 11) is -2.15. The van der Waals surface area contributed by atoms with E-state index in [-0.39, 0.29) is 10.8 Å². The summed E-state index contributed by atoms with van der Waals surface area (Å²) in [6.45, 7) is 2.93. The minimum absolute atomic E-state index is 0.0517. The predicted molar refractivity (Wildman–Crippen MR) is 117 cm³/mol. The molecular weight excluding hydrogens is 419 g/mol. The molecule has 0 heterocycles. The molecule has 0 aromatic heterocycles. The highest BCUT2D eigenvalue weighted by atomic mass is 32.2. The average Bonchev–Trinajstić information content (AvgIpc) is 2.75. The molecule has 0 radical (unpaired) electrons. The number of amides is 1. The summed E-state index contributed by atoms with van der Waals surface area (Å²) in [6, 6.07) is 18.2. The number of nitrogens with zero attached hydrogens (tertiary/aromatic N) is 1. The lowest BCUT2D eigenvalue weighted by atomic mass is 10.1. The maximum Gasteiger partial charge on any atom is 0.261 e. The lowest BCUT2D eigenvalue weighted by Gasteiger charge is -2.18. The Kier molecular flexibility index (Phi) is 6.91. The smallest absolute Gasteiger partial charge is 0.261 e. The van der Waals surface area contributed by atoms with Crippen molar-refractivity contribution in [1.29, 1.82) is 0 Å². The highest BCUT2D eigenvalue weighted by Crippen LogP contribution is 2.19. The lowest BCUT2D eigenvalue weighted by molar-refractivity contribution is 0.0785. The fraction of sp³-hybridized carbons (Fsp3) is 0.174. The van der Waals surface area contributed by atoms with E-state index in [1.54, 1.807) is 24.1 Å². The summed E-state index contributed by atoms with van der Waals surface area (Å²) in [5.41, 5.74) is 1.69. The molecule has 0 fully saturated rings. The largest absolute Gasteiger partial charge is 0.494 e. The molecule has 3 aromatic rings. The molecule has 0 atom stereocenters. The number of halogens is 1. The van der Waals surface area contributed by atoms with Crippen LogP contribution in [-0.4, -0.2) is 32.9 Å². The second kappa shape index (κ2) is 9.61. The number of anilines is 1. The zero-order valence-corrected chi connectivity index (χ0v) is 18.0. The molecule has 1 amide bonds. The van der Waals surface area contributed by atoms with Gasteiger partial charge in [-0.3, -0.25) is 9.52 Å². The SMILES string of the molecule is CCOc1ccc(CN(C)C(=O)c2ccc(NS(=O)(=O)c3ccc(F)cc3)cc2)cc1. The van der Waals surface area contributed by atoms with E-state index in [4.69, 9.17) is 4.74 Å². The van der Waals surface area contributed by atoms with Gasteiger partial charge in [-0.05, 0) is 73.2 Å². The fourth-order valence-corrected chi connectivity index (χ4v) is 3.99. The van der Waals surface area contributed by atoms with Gasteiger partial charge in [-0.15, -0.1) is 0 Å². The van der Waals surface area contributed by atoms with Crippen LogP contribution < -0.4 is 9.46 Å². The van der Waals surface area contributed by atoms with Crippen LogP contribution in [0.15, 0.2) is 77.7 Å². The number of hydrogen-bond donors (Lipinski definition) is 1. The third-order valence-electron chi connectivity index (χ3n) is 4.51. The average molecular weight is 443 g/mol. The van der Waals surface area contributed by atoms with Crippen LogP contribution in [0.2, 0.25) is 0 Å². The summed E-state index contributed by atoms with van der Waals surface area (Å²) >= 11 is 0. The van der Waals surface area contributed by atoms with Crippen molar-refractivity contribution in [3.05, 3.63) is 89.7 Å². The minimum Gasteiger partial charge on any atom is -0.494 e. The number of rotatable bonds is 8. The Balaban J connectivity index is 1.64. The summed E-state index contributed by atoms with van der Waals surface area (Å²) < 4.78 is 45.6. The van der Waals surface area contributed by atoms with Crippen LogP contribution in [0.25, 0.3) is 0 Å². The lowest BCUT2D eigenvalue weighted by Crippen LogP contribution is -2.26. The van der Waals surface area contributed by atoms with Gasteiger partial charge in [-0.2, -0.15) is 0 Å². The molecule has 31 heavy (non-hydrogen) atoms. The number of hydrogen-bond acceptors (Lipinski definition) is 4. The third-order valence-corrected chi connectivity index (χ3v) is 5.91. The van der Waals surface area contributed by atoms with Crippen LogP contribution in [0.1, 0.15) is 22.8 Å². The molecule has 0 aliphatic carbocycles. The molecule has 162 valence electrons. The number of sulfonamides is 1. The van der Waals surface area contributed by atoms with Crippen LogP contribution in [-0.2, 0) is 16.6 Å². The zero-order chi connectivity index (χ0) is 22.4.